The first-order valence-electron chi connectivity index (χ1n) is 5.32. The average molecular weight is 321 g/mol. The molecule has 0 aliphatic rings. The van der Waals surface area contributed by atoms with E-state index in [4.69, 9.17) is 0 Å². The van der Waals surface area contributed by atoms with Crippen LogP contribution in [0.15, 0.2) is 34.4 Å². The van der Waals surface area contributed by atoms with Crippen LogP contribution >= 0.6 is 27.3 Å². The maximum absolute atomic E-state index is 4.57. The molecule has 0 fully saturated rings. The third-order valence-electron chi connectivity index (χ3n) is 2.55. The molecule has 3 rings (SSSR count). The first-order chi connectivity index (χ1) is 8.78. The van der Waals surface area contributed by atoms with Crippen LogP contribution in [0.2, 0.25) is 0 Å². The topological polar surface area (TPSA) is 50.7 Å². The van der Waals surface area contributed by atoms with Gasteiger partial charge < -0.3 is 5.32 Å². The third-order valence-corrected chi connectivity index (χ3v) is 3.81. The number of nitrogens with zero attached hydrogens (tertiary/aromatic N) is 3. The van der Waals surface area contributed by atoms with Gasteiger partial charge in [-0.25, -0.2) is 9.97 Å². The molecule has 0 unspecified atom stereocenters. The van der Waals surface area contributed by atoms with Gasteiger partial charge in [0.05, 0.1) is 15.9 Å². The molecule has 0 spiro atoms. The van der Waals surface area contributed by atoms with E-state index in [9.17, 15) is 0 Å². The van der Waals surface area contributed by atoms with Crippen molar-refractivity contribution in [1.82, 2.24) is 15.0 Å². The summed E-state index contributed by atoms with van der Waals surface area (Å²) >= 11 is 5.00. The fourth-order valence-corrected chi connectivity index (χ4v) is 2.64. The summed E-state index contributed by atoms with van der Waals surface area (Å²) in [4.78, 5) is 14.1. The van der Waals surface area contributed by atoms with Gasteiger partial charge in [-0.15, -0.1) is 11.3 Å². The van der Waals surface area contributed by atoms with E-state index >= 15 is 0 Å². The predicted molar refractivity (Wildman–Crippen MR) is 77.9 cm³/mol. The van der Waals surface area contributed by atoms with Crippen molar-refractivity contribution in [2.75, 3.05) is 12.4 Å². The van der Waals surface area contributed by atoms with Crippen LogP contribution in [0.1, 0.15) is 0 Å². The lowest BCUT2D eigenvalue weighted by Gasteiger charge is -2.07. The molecule has 0 aliphatic heterocycles. The minimum absolute atomic E-state index is 0.705. The highest BCUT2D eigenvalue weighted by Gasteiger charge is 2.09. The van der Waals surface area contributed by atoms with Crippen LogP contribution in [-0.4, -0.2) is 22.0 Å². The molecule has 6 heteroatoms. The summed E-state index contributed by atoms with van der Waals surface area (Å²) in [6, 6.07) is 5.97. The Bertz CT molecular complexity index is 697. The van der Waals surface area contributed by atoms with Crippen LogP contribution < -0.4 is 5.32 Å². The van der Waals surface area contributed by atoms with Gasteiger partial charge in [0.25, 0.3) is 0 Å². The molecule has 18 heavy (non-hydrogen) atoms. The lowest BCUT2D eigenvalue weighted by molar-refractivity contribution is 1.22. The Kier molecular flexibility index (Phi) is 2.97. The molecule has 0 saturated heterocycles. The van der Waals surface area contributed by atoms with E-state index in [1.54, 1.807) is 11.7 Å². The first kappa shape index (κ1) is 11.6. The third kappa shape index (κ3) is 1.97. The SMILES string of the molecule is CNc1nc(-c2cncs2)nc2ccc(Br)cc12. The fourth-order valence-electron chi connectivity index (χ4n) is 1.73. The summed E-state index contributed by atoms with van der Waals surface area (Å²) in [5.74, 6) is 1.53. The molecule has 0 amide bonds. The molecule has 0 atom stereocenters. The minimum Gasteiger partial charge on any atom is -0.373 e. The van der Waals surface area contributed by atoms with Gasteiger partial charge >= 0.3 is 0 Å². The number of thiazole rings is 1. The zero-order chi connectivity index (χ0) is 12.5. The largest absolute Gasteiger partial charge is 0.373 e. The van der Waals surface area contributed by atoms with Crippen molar-refractivity contribution < 1.29 is 0 Å². The van der Waals surface area contributed by atoms with Gasteiger partial charge in [-0.1, -0.05) is 15.9 Å². The summed E-state index contributed by atoms with van der Waals surface area (Å²) in [6.45, 7) is 0. The molecule has 0 aliphatic carbocycles. The van der Waals surface area contributed by atoms with E-state index in [1.807, 2.05) is 25.2 Å². The van der Waals surface area contributed by atoms with Crippen LogP contribution in [0.5, 0.6) is 0 Å². The first-order valence-corrected chi connectivity index (χ1v) is 6.99. The van der Waals surface area contributed by atoms with Crippen molar-refractivity contribution >= 4 is 44.0 Å². The van der Waals surface area contributed by atoms with Gasteiger partial charge in [0.2, 0.25) is 0 Å². The number of aromatic nitrogens is 3. The highest BCUT2D eigenvalue weighted by atomic mass is 79.9. The molecule has 1 aromatic carbocycles. The minimum atomic E-state index is 0.705. The van der Waals surface area contributed by atoms with Crippen LogP contribution in [-0.2, 0) is 0 Å². The Morgan fingerprint density at radius 2 is 2.17 bits per heavy atom. The Morgan fingerprint density at radius 1 is 1.28 bits per heavy atom. The van der Waals surface area contributed by atoms with E-state index in [0.29, 0.717) is 5.82 Å². The average Bonchev–Trinajstić information content (AvgIpc) is 2.91. The van der Waals surface area contributed by atoms with E-state index in [0.717, 1.165) is 26.1 Å². The standard InChI is InChI=1S/C12H9BrN4S/c1-14-11-8-4-7(13)2-3-9(8)16-12(17-11)10-5-15-6-18-10/h2-6H,1H3,(H,14,16,17). The zero-order valence-corrected chi connectivity index (χ0v) is 11.9. The lowest BCUT2D eigenvalue weighted by Crippen LogP contribution is -1.98. The maximum atomic E-state index is 4.57. The number of nitrogens with one attached hydrogen (secondary N) is 1. The van der Waals surface area contributed by atoms with Gasteiger partial charge in [0.15, 0.2) is 5.82 Å². The fraction of sp³-hybridized carbons (Fsp3) is 0.0833. The molecule has 2 heterocycles. The molecule has 0 saturated carbocycles. The second kappa shape index (κ2) is 4.62. The number of fused-ring (bicyclic) bond motifs is 1. The molecule has 0 bridgehead atoms. The summed E-state index contributed by atoms with van der Waals surface area (Å²) in [5.41, 5.74) is 2.70. The van der Waals surface area contributed by atoms with Crippen molar-refractivity contribution in [3.8, 4) is 10.7 Å². The predicted octanol–water partition coefficient (Wildman–Crippen LogP) is 3.56. The van der Waals surface area contributed by atoms with Gasteiger partial charge in [-0.3, -0.25) is 4.98 Å². The molecule has 90 valence electrons. The van der Waals surface area contributed by atoms with Gasteiger partial charge in [0, 0.05) is 23.1 Å². The van der Waals surface area contributed by atoms with Crippen LogP contribution in [0, 0.1) is 0 Å². The molecule has 2 aromatic heterocycles. The van der Waals surface area contributed by atoms with E-state index in [-0.39, 0.29) is 0 Å². The number of halogens is 1. The normalized spacial score (nSPS) is 10.8. The van der Waals surface area contributed by atoms with Crippen LogP contribution in [0.25, 0.3) is 21.6 Å². The Labute approximate surface area is 116 Å². The summed E-state index contributed by atoms with van der Waals surface area (Å²) in [6.07, 6.45) is 1.78. The smallest absolute Gasteiger partial charge is 0.173 e. The quantitative estimate of drug-likeness (QED) is 0.784. The maximum Gasteiger partial charge on any atom is 0.173 e. The number of hydrogen-bond acceptors (Lipinski definition) is 5. The number of rotatable bonds is 2. The number of benzene rings is 1. The van der Waals surface area contributed by atoms with Gasteiger partial charge in [-0.05, 0) is 18.2 Å². The van der Waals surface area contributed by atoms with Crippen molar-refractivity contribution in [1.29, 1.82) is 0 Å². The number of hydrogen-bond donors (Lipinski definition) is 1. The number of anilines is 1. The van der Waals surface area contributed by atoms with Gasteiger partial charge in [0.1, 0.15) is 5.82 Å². The Morgan fingerprint density at radius 3 is 2.89 bits per heavy atom. The van der Waals surface area contributed by atoms with Crippen molar-refractivity contribution in [3.63, 3.8) is 0 Å². The van der Waals surface area contributed by atoms with Crippen molar-refractivity contribution in [3.05, 3.63) is 34.4 Å². The highest BCUT2D eigenvalue weighted by Crippen LogP contribution is 2.28. The summed E-state index contributed by atoms with van der Waals surface area (Å²) in [7, 11) is 1.86. The van der Waals surface area contributed by atoms with Crippen molar-refractivity contribution in [2.24, 2.45) is 0 Å². The Balaban J connectivity index is 2.28. The van der Waals surface area contributed by atoms with E-state index < -0.39 is 0 Å². The molecule has 1 N–H and O–H groups in total. The lowest BCUT2D eigenvalue weighted by atomic mass is 10.2. The molecular weight excluding hydrogens is 312 g/mol. The highest BCUT2D eigenvalue weighted by molar-refractivity contribution is 9.10. The summed E-state index contributed by atoms with van der Waals surface area (Å²) < 4.78 is 1.01. The zero-order valence-electron chi connectivity index (χ0n) is 9.51. The second-order valence-electron chi connectivity index (χ2n) is 3.67. The van der Waals surface area contributed by atoms with Crippen LogP contribution in [0.3, 0.4) is 0 Å². The van der Waals surface area contributed by atoms with E-state index in [2.05, 4.69) is 36.2 Å². The van der Waals surface area contributed by atoms with Crippen LogP contribution in [0.4, 0.5) is 5.82 Å². The molecule has 4 nitrogen and oxygen atoms in total. The second-order valence-corrected chi connectivity index (χ2v) is 5.47. The van der Waals surface area contributed by atoms with E-state index in [1.165, 1.54) is 11.3 Å². The van der Waals surface area contributed by atoms with Crippen molar-refractivity contribution in [2.45, 2.75) is 0 Å². The Hall–Kier alpha value is -1.53. The van der Waals surface area contributed by atoms with Gasteiger partial charge in [-0.2, -0.15) is 0 Å². The monoisotopic (exact) mass is 320 g/mol. The molecular formula is C12H9BrN4S. The summed E-state index contributed by atoms with van der Waals surface area (Å²) in [5, 5.41) is 4.11. The molecule has 0 radical (unpaired) electrons. The molecule has 3 aromatic rings.